The number of carbonyl (C=O) groups is 2. The van der Waals surface area contributed by atoms with Gasteiger partial charge in [-0.2, -0.15) is 0 Å². The molecule has 166 valence electrons. The summed E-state index contributed by atoms with van der Waals surface area (Å²) < 4.78 is 0. The molecule has 0 fully saturated rings. The van der Waals surface area contributed by atoms with Crippen LogP contribution in [-0.4, -0.2) is 41.3 Å². The molecule has 0 unspecified atom stereocenters. The normalized spacial score (nSPS) is 10.9. The third-order valence-corrected chi connectivity index (χ3v) is 7.24. The van der Waals surface area contributed by atoms with Gasteiger partial charge in [-0.25, -0.2) is 0 Å². The van der Waals surface area contributed by atoms with Gasteiger partial charge in [0, 0.05) is 37.4 Å². The molecule has 0 aromatic rings. The highest BCUT2D eigenvalue weighted by Crippen LogP contribution is 2.23. The van der Waals surface area contributed by atoms with Crippen molar-refractivity contribution in [2.24, 2.45) is 5.73 Å². The number of hydrogen-bond donors (Lipinski definition) is 1. The van der Waals surface area contributed by atoms with Crippen molar-refractivity contribution in [3.63, 3.8) is 0 Å². The first-order valence-electron chi connectivity index (χ1n) is 11.4. The van der Waals surface area contributed by atoms with Crippen LogP contribution < -0.4 is 5.73 Å². The number of primary amides is 1. The Morgan fingerprint density at radius 2 is 1.11 bits per heavy atom. The Kier molecular flexibility index (Phi) is 21.1. The van der Waals surface area contributed by atoms with Gasteiger partial charge in [0.2, 0.25) is 11.8 Å². The zero-order chi connectivity index (χ0) is 20.9. The van der Waals surface area contributed by atoms with Crippen molar-refractivity contribution < 1.29 is 9.59 Å². The van der Waals surface area contributed by atoms with E-state index in [-0.39, 0.29) is 5.91 Å². The lowest BCUT2D eigenvalue weighted by molar-refractivity contribution is -0.131. The van der Waals surface area contributed by atoms with Crippen molar-refractivity contribution in [3.05, 3.63) is 0 Å². The summed E-state index contributed by atoms with van der Waals surface area (Å²) in [5.74, 6) is 1.58. The van der Waals surface area contributed by atoms with Crippen LogP contribution in [0.15, 0.2) is 0 Å². The summed E-state index contributed by atoms with van der Waals surface area (Å²) in [6.45, 7) is 6.31. The Morgan fingerprint density at radius 1 is 0.679 bits per heavy atom. The maximum Gasteiger partial charge on any atom is 0.223 e. The molecule has 2 amide bonds. The molecule has 0 aliphatic carbocycles. The zero-order valence-electron chi connectivity index (χ0n) is 18.4. The maximum atomic E-state index is 12.6. The smallest absolute Gasteiger partial charge is 0.223 e. The van der Waals surface area contributed by atoms with Gasteiger partial charge >= 0.3 is 0 Å². The minimum atomic E-state index is -0.256. The van der Waals surface area contributed by atoms with Crippen LogP contribution in [0, 0.1) is 0 Å². The molecule has 0 aromatic carbocycles. The van der Waals surface area contributed by atoms with Gasteiger partial charge in [0.05, 0.1) is 0 Å². The monoisotopic (exact) mass is 432 g/mol. The molecule has 0 aromatic heterocycles. The highest BCUT2D eigenvalue weighted by molar-refractivity contribution is 8.76. The fourth-order valence-electron chi connectivity index (χ4n) is 3.07. The number of amides is 2. The van der Waals surface area contributed by atoms with Gasteiger partial charge in [0.25, 0.3) is 0 Å². The van der Waals surface area contributed by atoms with Gasteiger partial charge in [-0.3, -0.25) is 9.59 Å². The topological polar surface area (TPSA) is 63.4 Å². The quantitative estimate of drug-likeness (QED) is 0.174. The van der Waals surface area contributed by atoms with Gasteiger partial charge in [0.15, 0.2) is 0 Å². The highest BCUT2D eigenvalue weighted by Gasteiger charge is 2.13. The Balaban J connectivity index is 4.06. The molecule has 0 spiro atoms. The second kappa shape index (κ2) is 21.4. The molecule has 4 nitrogen and oxygen atoms in total. The number of rotatable bonds is 21. The van der Waals surface area contributed by atoms with E-state index < -0.39 is 0 Å². The summed E-state index contributed by atoms with van der Waals surface area (Å²) in [4.78, 5) is 25.5. The standard InChI is InChI=1S/C22H44N2O2S2/c1-3-5-7-9-11-13-17-24(18-14-12-10-8-6-4-2)22(26)16-20-28-27-19-15-21(23)25/h3-20H2,1-2H3,(H2,23,25). The largest absolute Gasteiger partial charge is 0.370 e. The Bertz CT molecular complexity index is 366. The molecular formula is C22H44N2O2S2. The van der Waals surface area contributed by atoms with Crippen LogP contribution in [-0.2, 0) is 9.59 Å². The van der Waals surface area contributed by atoms with Crippen LogP contribution in [0.5, 0.6) is 0 Å². The molecule has 0 rings (SSSR count). The van der Waals surface area contributed by atoms with E-state index >= 15 is 0 Å². The summed E-state index contributed by atoms with van der Waals surface area (Å²) in [6, 6.07) is 0. The third-order valence-electron chi connectivity index (χ3n) is 4.83. The van der Waals surface area contributed by atoms with Crippen LogP contribution in [0.4, 0.5) is 0 Å². The van der Waals surface area contributed by atoms with Crippen molar-refractivity contribution >= 4 is 33.4 Å². The van der Waals surface area contributed by atoms with E-state index in [2.05, 4.69) is 18.7 Å². The first-order chi connectivity index (χ1) is 13.6. The van der Waals surface area contributed by atoms with Gasteiger partial charge < -0.3 is 10.6 Å². The number of carbonyl (C=O) groups excluding carboxylic acids is 2. The number of nitrogens with zero attached hydrogens (tertiary/aromatic N) is 1. The fourth-order valence-corrected chi connectivity index (χ4v) is 5.06. The molecule has 0 saturated carbocycles. The fraction of sp³-hybridized carbons (Fsp3) is 0.909. The first-order valence-corrected chi connectivity index (χ1v) is 13.9. The Morgan fingerprint density at radius 3 is 1.57 bits per heavy atom. The average molecular weight is 433 g/mol. The van der Waals surface area contributed by atoms with Gasteiger partial charge in [0.1, 0.15) is 0 Å². The Hall–Kier alpha value is -0.360. The van der Waals surface area contributed by atoms with E-state index in [1.54, 1.807) is 21.6 Å². The molecule has 0 aliphatic heterocycles. The molecule has 0 bridgehead atoms. The van der Waals surface area contributed by atoms with Gasteiger partial charge in [-0.15, -0.1) is 0 Å². The molecule has 0 saturated heterocycles. The number of nitrogens with two attached hydrogens (primary N) is 1. The van der Waals surface area contributed by atoms with Crippen LogP contribution >= 0.6 is 21.6 Å². The van der Waals surface area contributed by atoms with Crippen LogP contribution in [0.25, 0.3) is 0 Å². The summed E-state index contributed by atoms with van der Waals surface area (Å²) in [7, 11) is 3.32. The van der Waals surface area contributed by atoms with Crippen LogP contribution in [0.1, 0.15) is 104 Å². The van der Waals surface area contributed by atoms with Gasteiger partial charge in [-0.1, -0.05) is 99.6 Å². The third kappa shape index (κ3) is 19.0. The van der Waals surface area contributed by atoms with Crippen molar-refractivity contribution in [1.29, 1.82) is 0 Å². The predicted molar refractivity (Wildman–Crippen MR) is 127 cm³/mol. The van der Waals surface area contributed by atoms with E-state index in [1.165, 1.54) is 64.2 Å². The van der Waals surface area contributed by atoms with E-state index in [0.29, 0.717) is 18.7 Å². The van der Waals surface area contributed by atoms with Crippen LogP contribution in [0.3, 0.4) is 0 Å². The molecule has 2 N–H and O–H groups in total. The second-order valence-corrected chi connectivity index (χ2v) is 10.2. The molecule has 0 atom stereocenters. The summed E-state index contributed by atoms with van der Waals surface area (Å²) >= 11 is 0. The summed E-state index contributed by atoms with van der Waals surface area (Å²) in [5, 5.41) is 0. The maximum absolute atomic E-state index is 12.6. The lowest BCUT2D eigenvalue weighted by Crippen LogP contribution is -2.33. The van der Waals surface area contributed by atoms with E-state index in [4.69, 9.17) is 5.73 Å². The molecule has 6 heteroatoms. The number of hydrogen-bond acceptors (Lipinski definition) is 4. The van der Waals surface area contributed by atoms with Crippen molar-refractivity contribution in [3.8, 4) is 0 Å². The second-order valence-electron chi connectivity index (χ2n) is 7.53. The minimum Gasteiger partial charge on any atom is -0.370 e. The predicted octanol–water partition coefficient (Wildman–Crippen LogP) is 6.18. The van der Waals surface area contributed by atoms with Crippen molar-refractivity contribution in [2.45, 2.75) is 104 Å². The molecule has 0 radical (unpaired) electrons. The summed E-state index contributed by atoms with van der Waals surface area (Å²) in [5.41, 5.74) is 5.14. The first kappa shape index (κ1) is 27.6. The van der Waals surface area contributed by atoms with E-state index in [9.17, 15) is 9.59 Å². The summed E-state index contributed by atoms with van der Waals surface area (Å²) in [6.07, 6.45) is 16.2. The lowest BCUT2D eigenvalue weighted by atomic mass is 10.1. The van der Waals surface area contributed by atoms with Crippen LogP contribution in [0.2, 0.25) is 0 Å². The Labute approximate surface area is 181 Å². The zero-order valence-corrected chi connectivity index (χ0v) is 20.0. The van der Waals surface area contributed by atoms with Crippen molar-refractivity contribution in [2.75, 3.05) is 24.6 Å². The highest BCUT2D eigenvalue weighted by atomic mass is 33.1. The number of unbranched alkanes of at least 4 members (excludes halogenated alkanes) is 10. The van der Waals surface area contributed by atoms with E-state index in [0.717, 1.165) is 37.4 Å². The minimum absolute atomic E-state index is 0.256. The SMILES string of the molecule is CCCCCCCCN(CCCCCCCC)C(=O)CCSSCCC(N)=O. The molecule has 0 aliphatic rings. The molecule has 0 heterocycles. The lowest BCUT2D eigenvalue weighted by Gasteiger charge is -2.23. The van der Waals surface area contributed by atoms with Crippen molar-refractivity contribution in [1.82, 2.24) is 4.90 Å². The molecule has 28 heavy (non-hydrogen) atoms. The average Bonchev–Trinajstić information content (AvgIpc) is 2.67. The van der Waals surface area contributed by atoms with E-state index in [1.807, 2.05) is 0 Å². The van der Waals surface area contributed by atoms with Gasteiger partial charge in [-0.05, 0) is 12.8 Å². The molecular weight excluding hydrogens is 388 g/mol.